The first-order valence-electron chi connectivity index (χ1n) is 8.92. The Balaban J connectivity index is 1.57. The fourth-order valence-electron chi connectivity index (χ4n) is 3.35. The highest BCUT2D eigenvalue weighted by Gasteiger charge is 2.38. The molecule has 2 fully saturated rings. The van der Waals surface area contributed by atoms with Gasteiger partial charge in [0.05, 0.1) is 12.4 Å². The molecule has 7 nitrogen and oxygen atoms in total. The van der Waals surface area contributed by atoms with Crippen molar-refractivity contribution in [3.63, 3.8) is 0 Å². The summed E-state index contributed by atoms with van der Waals surface area (Å²) in [5.74, 6) is 1.96. The third-order valence-electron chi connectivity index (χ3n) is 4.84. The number of carbonyl (C=O) groups is 2. The quantitative estimate of drug-likeness (QED) is 0.827. The lowest BCUT2D eigenvalue weighted by Gasteiger charge is -2.25. The number of hydrogen-bond donors (Lipinski definition) is 1. The maximum absolute atomic E-state index is 12.7. The number of amides is 2. The summed E-state index contributed by atoms with van der Waals surface area (Å²) in [5.41, 5.74) is 0. The minimum atomic E-state index is -0.384. The van der Waals surface area contributed by atoms with Gasteiger partial charge in [-0.05, 0) is 26.9 Å². The minimum absolute atomic E-state index is 0.110. The van der Waals surface area contributed by atoms with Crippen LogP contribution in [0.5, 0.6) is 0 Å². The van der Waals surface area contributed by atoms with E-state index in [4.69, 9.17) is 0 Å². The molecular formula is C17H27N5O2S. The van der Waals surface area contributed by atoms with Crippen molar-refractivity contribution < 1.29 is 9.59 Å². The van der Waals surface area contributed by atoms with Crippen molar-refractivity contribution in [3.05, 3.63) is 12.3 Å². The summed E-state index contributed by atoms with van der Waals surface area (Å²) in [7, 11) is 4.03. The van der Waals surface area contributed by atoms with E-state index in [1.54, 1.807) is 22.7 Å². The molecule has 138 valence electrons. The Bertz CT molecular complexity index is 612. The molecule has 0 aromatic carbocycles. The molecule has 1 unspecified atom stereocenters. The topological polar surface area (TPSA) is 70.5 Å². The van der Waals surface area contributed by atoms with Crippen LogP contribution in [-0.4, -0.2) is 69.7 Å². The van der Waals surface area contributed by atoms with E-state index in [0.29, 0.717) is 17.4 Å². The second kappa shape index (κ2) is 8.23. The second-order valence-electron chi connectivity index (χ2n) is 7.06. The van der Waals surface area contributed by atoms with Crippen LogP contribution in [0, 0.1) is 5.92 Å². The number of anilines is 1. The van der Waals surface area contributed by atoms with E-state index in [0.717, 1.165) is 38.8 Å². The molecular weight excluding hydrogens is 338 g/mol. The summed E-state index contributed by atoms with van der Waals surface area (Å²) in [6.45, 7) is 1.66. The van der Waals surface area contributed by atoms with E-state index in [-0.39, 0.29) is 23.8 Å². The molecule has 1 aliphatic carbocycles. The summed E-state index contributed by atoms with van der Waals surface area (Å²) >= 11 is 1.65. The molecule has 0 bridgehead atoms. The molecule has 2 aliphatic rings. The van der Waals surface area contributed by atoms with Gasteiger partial charge in [-0.2, -0.15) is 5.10 Å². The molecule has 8 heteroatoms. The average Bonchev–Trinajstić information content (AvgIpc) is 3.32. The SMILES string of the molecule is CN(C)CCn1ccc(NC(=O)C2CSCN2C(=O)C2CCCC2)n1. The van der Waals surface area contributed by atoms with Crippen LogP contribution in [0.1, 0.15) is 25.7 Å². The van der Waals surface area contributed by atoms with Crippen LogP contribution >= 0.6 is 11.8 Å². The number of rotatable bonds is 6. The molecule has 1 saturated heterocycles. The van der Waals surface area contributed by atoms with Crippen molar-refractivity contribution in [3.8, 4) is 0 Å². The standard InChI is InChI=1S/C17H27N5O2S/c1-20(2)9-10-21-8-7-15(19-21)18-16(23)14-11-25-12-22(14)17(24)13-5-3-4-6-13/h7-8,13-14H,3-6,9-12H2,1-2H3,(H,18,19,23). The van der Waals surface area contributed by atoms with Crippen LogP contribution in [0.4, 0.5) is 5.82 Å². The van der Waals surface area contributed by atoms with Gasteiger partial charge in [0.15, 0.2) is 5.82 Å². The maximum atomic E-state index is 12.7. The molecule has 1 saturated carbocycles. The molecule has 2 amide bonds. The number of nitrogens with zero attached hydrogens (tertiary/aromatic N) is 4. The number of nitrogens with one attached hydrogen (secondary N) is 1. The van der Waals surface area contributed by atoms with Gasteiger partial charge >= 0.3 is 0 Å². The van der Waals surface area contributed by atoms with E-state index in [1.807, 2.05) is 25.0 Å². The van der Waals surface area contributed by atoms with Gasteiger partial charge in [0.2, 0.25) is 11.8 Å². The summed E-state index contributed by atoms with van der Waals surface area (Å²) in [4.78, 5) is 29.2. The van der Waals surface area contributed by atoms with Crippen molar-refractivity contribution in [1.82, 2.24) is 19.6 Å². The summed E-state index contributed by atoms with van der Waals surface area (Å²) in [6, 6.07) is 1.42. The van der Waals surface area contributed by atoms with Gasteiger partial charge in [-0.25, -0.2) is 0 Å². The molecule has 1 aromatic rings. The first-order chi connectivity index (χ1) is 12.0. The normalized spacial score (nSPS) is 21.2. The van der Waals surface area contributed by atoms with E-state index in [2.05, 4.69) is 15.3 Å². The molecule has 0 spiro atoms. The smallest absolute Gasteiger partial charge is 0.249 e. The Labute approximate surface area is 153 Å². The van der Waals surface area contributed by atoms with E-state index >= 15 is 0 Å². The Morgan fingerprint density at radius 2 is 2.12 bits per heavy atom. The summed E-state index contributed by atoms with van der Waals surface area (Å²) in [6.07, 6.45) is 6.04. The zero-order chi connectivity index (χ0) is 17.8. The van der Waals surface area contributed by atoms with Gasteiger partial charge in [-0.15, -0.1) is 11.8 Å². The van der Waals surface area contributed by atoms with Gasteiger partial charge in [0.25, 0.3) is 0 Å². The predicted molar refractivity (Wildman–Crippen MR) is 99.3 cm³/mol. The Hall–Kier alpha value is -1.54. The van der Waals surface area contributed by atoms with Crippen LogP contribution in [0.2, 0.25) is 0 Å². The molecule has 1 aliphatic heterocycles. The van der Waals surface area contributed by atoms with Crippen LogP contribution in [0.3, 0.4) is 0 Å². The minimum Gasteiger partial charge on any atom is -0.320 e. The molecule has 1 N–H and O–H groups in total. The lowest BCUT2D eigenvalue weighted by molar-refractivity contribution is -0.139. The third kappa shape index (κ3) is 4.55. The Morgan fingerprint density at radius 3 is 2.84 bits per heavy atom. The highest BCUT2D eigenvalue weighted by Crippen LogP contribution is 2.31. The van der Waals surface area contributed by atoms with Crippen molar-refractivity contribution in [2.24, 2.45) is 5.92 Å². The summed E-state index contributed by atoms with van der Waals surface area (Å²) < 4.78 is 1.82. The van der Waals surface area contributed by atoms with E-state index in [9.17, 15) is 9.59 Å². The fraction of sp³-hybridized carbons (Fsp3) is 0.706. The van der Waals surface area contributed by atoms with Gasteiger partial charge in [0, 0.05) is 30.5 Å². The van der Waals surface area contributed by atoms with Crippen molar-refractivity contribution in [1.29, 1.82) is 0 Å². The van der Waals surface area contributed by atoms with Crippen molar-refractivity contribution in [2.75, 3.05) is 37.6 Å². The van der Waals surface area contributed by atoms with Crippen LogP contribution in [0.15, 0.2) is 12.3 Å². The molecule has 1 aromatic heterocycles. The molecule has 2 heterocycles. The molecule has 25 heavy (non-hydrogen) atoms. The number of hydrogen-bond acceptors (Lipinski definition) is 5. The lowest BCUT2D eigenvalue weighted by atomic mass is 10.1. The lowest BCUT2D eigenvalue weighted by Crippen LogP contribution is -2.46. The van der Waals surface area contributed by atoms with Gasteiger partial charge in [0.1, 0.15) is 6.04 Å². The Morgan fingerprint density at radius 1 is 1.36 bits per heavy atom. The zero-order valence-corrected chi connectivity index (χ0v) is 15.8. The van der Waals surface area contributed by atoms with Gasteiger partial charge < -0.3 is 15.1 Å². The van der Waals surface area contributed by atoms with E-state index in [1.165, 1.54) is 0 Å². The second-order valence-corrected chi connectivity index (χ2v) is 8.06. The molecule has 3 rings (SSSR count). The maximum Gasteiger partial charge on any atom is 0.249 e. The highest BCUT2D eigenvalue weighted by molar-refractivity contribution is 7.99. The van der Waals surface area contributed by atoms with Crippen molar-refractivity contribution >= 4 is 29.4 Å². The number of carbonyl (C=O) groups excluding carboxylic acids is 2. The van der Waals surface area contributed by atoms with Crippen LogP contribution in [-0.2, 0) is 16.1 Å². The average molecular weight is 366 g/mol. The fourth-order valence-corrected chi connectivity index (χ4v) is 4.51. The van der Waals surface area contributed by atoms with Gasteiger partial charge in [-0.1, -0.05) is 12.8 Å². The Kier molecular flexibility index (Phi) is 6.01. The van der Waals surface area contributed by atoms with Crippen LogP contribution < -0.4 is 5.32 Å². The first-order valence-corrected chi connectivity index (χ1v) is 10.1. The molecule has 1 atom stereocenters. The highest BCUT2D eigenvalue weighted by atomic mass is 32.2. The zero-order valence-electron chi connectivity index (χ0n) is 15.0. The predicted octanol–water partition coefficient (Wildman–Crippen LogP) is 1.47. The molecule has 0 radical (unpaired) electrons. The first kappa shape index (κ1) is 18.3. The number of aromatic nitrogens is 2. The van der Waals surface area contributed by atoms with Crippen molar-refractivity contribution in [2.45, 2.75) is 38.3 Å². The summed E-state index contributed by atoms with van der Waals surface area (Å²) in [5, 5.41) is 7.26. The largest absolute Gasteiger partial charge is 0.320 e. The third-order valence-corrected chi connectivity index (χ3v) is 5.85. The van der Waals surface area contributed by atoms with E-state index < -0.39 is 0 Å². The van der Waals surface area contributed by atoms with Crippen LogP contribution in [0.25, 0.3) is 0 Å². The number of likely N-dealkylation sites (N-methyl/N-ethyl adjacent to an activating group) is 1. The van der Waals surface area contributed by atoms with Gasteiger partial charge in [-0.3, -0.25) is 14.3 Å². The monoisotopic (exact) mass is 365 g/mol. The number of thioether (sulfide) groups is 1.